The number of unbranched alkanes of at least 4 members (excludes halogenated alkanes) is 1. The van der Waals surface area contributed by atoms with E-state index in [1.165, 1.54) is 0 Å². The van der Waals surface area contributed by atoms with Crippen molar-refractivity contribution in [3.05, 3.63) is 48.0 Å². The number of imidazole rings is 1. The predicted octanol–water partition coefficient (Wildman–Crippen LogP) is 4.20. The number of esters is 1. The summed E-state index contributed by atoms with van der Waals surface area (Å²) < 4.78 is 10.7. The van der Waals surface area contributed by atoms with Gasteiger partial charge in [-0.15, -0.1) is 0 Å². The van der Waals surface area contributed by atoms with E-state index >= 15 is 0 Å². The number of H-pyrrole nitrogens is 1. The Bertz CT molecular complexity index is 822. The molecule has 1 aromatic heterocycles. The van der Waals surface area contributed by atoms with Crippen LogP contribution in [0.4, 0.5) is 0 Å². The van der Waals surface area contributed by atoms with Crippen molar-refractivity contribution < 1.29 is 14.3 Å². The van der Waals surface area contributed by atoms with Gasteiger partial charge in [0.1, 0.15) is 11.6 Å². The van der Waals surface area contributed by atoms with Gasteiger partial charge in [0.15, 0.2) is 0 Å². The number of aromatic nitrogens is 2. The van der Waals surface area contributed by atoms with Crippen LogP contribution in [0.25, 0.3) is 22.4 Å². The van der Waals surface area contributed by atoms with Gasteiger partial charge in [0.05, 0.1) is 35.9 Å². The maximum atomic E-state index is 12.1. The molecule has 0 aliphatic carbocycles. The van der Waals surface area contributed by atoms with Crippen LogP contribution in [0.2, 0.25) is 0 Å². The van der Waals surface area contributed by atoms with Crippen LogP contribution in [-0.2, 0) is 4.74 Å². The molecular weight excluding hydrogens is 304 g/mol. The minimum Gasteiger partial charge on any atom is -0.496 e. The number of rotatable bonds is 6. The first-order valence-corrected chi connectivity index (χ1v) is 8.03. The molecule has 0 aliphatic rings. The molecule has 24 heavy (non-hydrogen) atoms. The molecule has 0 fully saturated rings. The summed E-state index contributed by atoms with van der Waals surface area (Å²) in [6.07, 6.45) is 1.85. The Labute approximate surface area is 140 Å². The Morgan fingerprint density at radius 1 is 1.21 bits per heavy atom. The molecule has 0 atom stereocenters. The molecule has 1 heterocycles. The van der Waals surface area contributed by atoms with Crippen molar-refractivity contribution >= 4 is 17.0 Å². The number of ether oxygens (including phenoxy) is 2. The molecular formula is C19H20N2O3. The fraction of sp³-hybridized carbons (Fsp3) is 0.263. The summed E-state index contributed by atoms with van der Waals surface area (Å²) >= 11 is 0. The number of hydrogen-bond acceptors (Lipinski definition) is 4. The Balaban J connectivity index is 1.90. The molecule has 0 saturated carbocycles. The second kappa shape index (κ2) is 7.17. The molecule has 0 spiro atoms. The molecule has 3 rings (SSSR count). The Kier molecular flexibility index (Phi) is 4.79. The zero-order chi connectivity index (χ0) is 16.9. The van der Waals surface area contributed by atoms with Gasteiger partial charge in [-0.3, -0.25) is 0 Å². The fourth-order valence-electron chi connectivity index (χ4n) is 2.49. The highest BCUT2D eigenvalue weighted by Crippen LogP contribution is 2.30. The van der Waals surface area contributed by atoms with E-state index in [4.69, 9.17) is 9.47 Å². The van der Waals surface area contributed by atoms with E-state index in [2.05, 4.69) is 16.9 Å². The number of nitrogens with one attached hydrogen (secondary N) is 1. The van der Waals surface area contributed by atoms with E-state index in [0.29, 0.717) is 23.7 Å². The molecule has 0 unspecified atom stereocenters. The normalized spacial score (nSPS) is 10.8. The van der Waals surface area contributed by atoms with Gasteiger partial charge in [-0.2, -0.15) is 0 Å². The summed E-state index contributed by atoms with van der Waals surface area (Å²) in [4.78, 5) is 19.9. The highest BCUT2D eigenvalue weighted by atomic mass is 16.5. The molecule has 0 aliphatic heterocycles. The first-order chi connectivity index (χ1) is 11.7. The second-order valence-corrected chi connectivity index (χ2v) is 5.51. The summed E-state index contributed by atoms with van der Waals surface area (Å²) in [5, 5.41) is 0. The number of carbonyl (C=O) groups is 1. The quantitative estimate of drug-likeness (QED) is 0.545. The SMILES string of the molecule is CCCCOC(=O)c1ccc(-c2nc3ccccc3[nH]2)c(OC)c1. The summed E-state index contributed by atoms with van der Waals surface area (Å²) in [6.45, 7) is 2.49. The number of carbonyl (C=O) groups excluding carboxylic acids is 1. The Morgan fingerprint density at radius 2 is 2.04 bits per heavy atom. The minimum atomic E-state index is -0.335. The summed E-state index contributed by atoms with van der Waals surface area (Å²) in [5.74, 6) is 0.954. The van der Waals surface area contributed by atoms with Gasteiger partial charge in [0.25, 0.3) is 0 Å². The van der Waals surface area contributed by atoms with Gasteiger partial charge < -0.3 is 14.5 Å². The first kappa shape index (κ1) is 16.1. The summed E-state index contributed by atoms with van der Waals surface area (Å²) in [7, 11) is 1.58. The van der Waals surface area contributed by atoms with E-state index in [1.54, 1.807) is 19.2 Å². The maximum absolute atomic E-state index is 12.1. The highest BCUT2D eigenvalue weighted by molar-refractivity contribution is 5.91. The van der Waals surface area contributed by atoms with Crippen LogP contribution in [0.1, 0.15) is 30.1 Å². The molecule has 5 heteroatoms. The van der Waals surface area contributed by atoms with Crippen LogP contribution in [-0.4, -0.2) is 29.7 Å². The van der Waals surface area contributed by atoms with E-state index in [9.17, 15) is 4.79 Å². The minimum absolute atomic E-state index is 0.335. The third kappa shape index (κ3) is 3.25. The standard InChI is InChI=1S/C19H20N2O3/c1-3-4-11-24-19(22)13-9-10-14(17(12-13)23-2)18-20-15-7-5-6-8-16(15)21-18/h5-10,12H,3-4,11H2,1-2H3,(H,20,21). The molecule has 1 N–H and O–H groups in total. The van der Waals surface area contributed by atoms with Crippen molar-refractivity contribution in [1.29, 1.82) is 0 Å². The zero-order valence-corrected chi connectivity index (χ0v) is 13.8. The van der Waals surface area contributed by atoms with Crippen molar-refractivity contribution in [3.63, 3.8) is 0 Å². The van der Waals surface area contributed by atoms with Gasteiger partial charge >= 0.3 is 5.97 Å². The van der Waals surface area contributed by atoms with E-state index in [1.807, 2.05) is 30.3 Å². The number of para-hydroxylation sites is 2. The Hall–Kier alpha value is -2.82. The average Bonchev–Trinajstić information content (AvgIpc) is 3.05. The summed E-state index contributed by atoms with van der Waals surface area (Å²) in [5.41, 5.74) is 3.12. The largest absolute Gasteiger partial charge is 0.496 e. The van der Waals surface area contributed by atoms with Gasteiger partial charge in [0.2, 0.25) is 0 Å². The molecule has 0 radical (unpaired) electrons. The summed E-state index contributed by atoms with van der Waals surface area (Å²) in [6, 6.07) is 13.1. The third-order valence-electron chi connectivity index (χ3n) is 3.81. The topological polar surface area (TPSA) is 64.2 Å². The van der Waals surface area contributed by atoms with Crippen LogP contribution in [0.5, 0.6) is 5.75 Å². The predicted molar refractivity (Wildman–Crippen MR) is 93.3 cm³/mol. The van der Waals surface area contributed by atoms with Gasteiger partial charge in [-0.1, -0.05) is 25.5 Å². The van der Waals surface area contributed by atoms with Crippen molar-refractivity contribution in [3.8, 4) is 17.1 Å². The number of benzene rings is 2. The van der Waals surface area contributed by atoms with Gasteiger partial charge in [-0.25, -0.2) is 9.78 Å². The maximum Gasteiger partial charge on any atom is 0.338 e. The molecule has 0 saturated heterocycles. The monoisotopic (exact) mass is 324 g/mol. The van der Waals surface area contributed by atoms with Crippen LogP contribution in [0.3, 0.4) is 0 Å². The molecule has 3 aromatic rings. The highest BCUT2D eigenvalue weighted by Gasteiger charge is 2.15. The Morgan fingerprint density at radius 3 is 2.79 bits per heavy atom. The zero-order valence-electron chi connectivity index (χ0n) is 13.8. The van der Waals surface area contributed by atoms with Crippen LogP contribution >= 0.6 is 0 Å². The number of methoxy groups -OCH3 is 1. The number of nitrogens with zero attached hydrogens (tertiary/aromatic N) is 1. The van der Waals surface area contributed by atoms with Crippen LogP contribution < -0.4 is 4.74 Å². The second-order valence-electron chi connectivity index (χ2n) is 5.51. The lowest BCUT2D eigenvalue weighted by atomic mass is 10.1. The van der Waals surface area contributed by atoms with Crippen LogP contribution in [0.15, 0.2) is 42.5 Å². The molecule has 124 valence electrons. The van der Waals surface area contributed by atoms with Crippen molar-refractivity contribution in [2.45, 2.75) is 19.8 Å². The molecule has 0 bridgehead atoms. The molecule has 0 amide bonds. The molecule has 2 aromatic carbocycles. The lowest BCUT2D eigenvalue weighted by Crippen LogP contribution is -2.06. The first-order valence-electron chi connectivity index (χ1n) is 8.03. The number of fused-ring (bicyclic) bond motifs is 1. The fourth-order valence-corrected chi connectivity index (χ4v) is 2.49. The van der Waals surface area contributed by atoms with Gasteiger partial charge in [-0.05, 0) is 36.8 Å². The van der Waals surface area contributed by atoms with Crippen molar-refractivity contribution in [1.82, 2.24) is 9.97 Å². The van der Waals surface area contributed by atoms with Gasteiger partial charge in [0, 0.05) is 0 Å². The van der Waals surface area contributed by atoms with Crippen molar-refractivity contribution in [2.75, 3.05) is 13.7 Å². The van der Waals surface area contributed by atoms with Crippen molar-refractivity contribution in [2.24, 2.45) is 0 Å². The van der Waals surface area contributed by atoms with E-state index < -0.39 is 0 Å². The average molecular weight is 324 g/mol. The molecule has 5 nitrogen and oxygen atoms in total. The third-order valence-corrected chi connectivity index (χ3v) is 3.81. The van der Waals surface area contributed by atoms with E-state index in [0.717, 1.165) is 29.4 Å². The lowest BCUT2D eigenvalue weighted by Gasteiger charge is -2.09. The van der Waals surface area contributed by atoms with Crippen LogP contribution in [0, 0.1) is 0 Å². The van der Waals surface area contributed by atoms with E-state index in [-0.39, 0.29) is 5.97 Å². The smallest absolute Gasteiger partial charge is 0.338 e. The number of aromatic amines is 1. The number of hydrogen-bond donors (Lipinski definition) is 1. The lowest BCUT2D eigenvalue weighted by molar-refractivity contribution is 0.0499.